The molecule has 0 unspecified atom stereocenters. The number of nitrogens with one attached hydrogen (secondary N) is 1. The zero-order valence-electron chi connectivity index (χ0n) is 7.59. The summed E-state index contributed by atoms with van der Waals surface area (Å²) in [4.78, 5) is 22.0. The molecule has 0 spiro atoms. The molecule has 3 heteroatoms. The molecule has 0 rings (SSSR count). The zero-order valence-corrected chi connectivity index (χ0v) is 7.59. The smallest absolute Gasteiger partial charge is 0.227 e. The van der Waals surface area contributed by atoms with E-state index >= 15 is 0 Å². The van der Waals surface area contributed by atoms with Gasteiger partial charge in [0.05, 0.1) is 6.42 Å². The lowest BCUT2D eigenvalue weighted by atomic mass is 10.1. The number of carbonyl (C=O) groups excluding carboxylic acids is 2. The van der Waals surface area contributed by atoms with Gasteiger partial charge in [-0.15, -0.1) is 6.58 Å². The molecule has 0 atom stereocenters. The summed E-state index contributed by atoms with van der Waals surface area (Å²) < 4.78 is 0. The summed E-state index contributed by atoms with van der Waals surface area (Å²) in [5.74, 6) is -0.329. The molecule has 3 nitrogen and oxygen atoms in total. The Bertz CT molecular complexity index is 185. The number of carbonyl (C=O) groups is 2. The summed E-state index contributed by atoms with van der Waals surface area (Å²) in [6.45, 7) is 7.43. The second-order valence-electron chi connectivity index (χ2n) is 2.89. The number of hydrogen-bond donors (Lipinski definition) is 1. The number of rotatable bonds is 5. The molecule has 0 radical (unpaired) electrons. The Morgan fingerprint density at radius 3 is 2.50 bits per heavy atom. The molecule has 12 heavy (non-hydrogen) atoms. The van der Waals surface area contributed by atoms with E-state index in [1.807, 2.05) is 0 Å². The van der Waals surface area contributed by atoms with Gasteiger partial charge in [0, 0.05) is 12.5 Å². The van der Waals surface area contributed by atoms with Crippen molar-refractivity contribution in [2.45, 2.75) is 20.3 Å². The molecule has 0 aromatic heterocycles. The average molecular weight is 169 g/mol. The molecule has 68 valence electrons. The Morgan fingerprint density at radius 2 is 2.08 bits per heavy atom. The third-order valence-corrected chi connectivity index (χ3v) is 1.42. The highest BCUT2D eigenvalue weighted by molar-refractivity contribution is 5.98. The minimum atomic E-state index is -0.228. The van der Waals surface area contributed by atoms with E-state index < -0.39 is 0 Å². The molecular formula is C9H15NO2. The number of hydrogen-bond acceptors (Lipinski definition) is 2. The van der Waals surface area contributed by atoms with Crippen LogP contribution < -0.4 is 5.32 Å². The third-order valence-electron chi connectivity index (χ3n) is 1.42. The van der Waals surface area contributed by atoms with E-state index in [1.165, 1.54) is 0 Å². The lowest BCUT2D eigenvalue weighted by Crippen LogP contribution is -2.27. The van der Waals surface area contributed by atoms with Gasteiger partial charge < -0.3 is 5.32 Å². The van der Waals surface area contributed by atoms with E-state index in [0.29, 0.717) is 6.54 Å². The van der Waals surface area contributed by atoms with Crippen LogP contribution >= 0.6 is 0 Å². The van der Waals surface area contributed by atoms with Crippen LogP contribution in [0.15, 0.2) is 12.7 Å². The normalized spacial score (nSPS) is 9.58. The van der Waals surface area contributed by atoms with Crippen molar-refractivity contribution in [3.05, 3.63) is 12.7 Å². The van der Waals surface area contributed by atoms with Crippen molar-refractivity contribution in [3.63, 3.8) is 0 Å². The summed E-state index contributed by atoms with van der Waals surface area (Å²) in [7, 11) is 0. The van der Waals surface area contributed by atoms with Gasteiger partial charge in [-0.3, -0.25) is 9.59 Å². The minimum absolute atomic E-state index is 0.0223. The topological polar surface area (TPSA) is 46.2 Å². The largest absolute Gasteiger partial charge is 0.352 e. The number of amides is 1. The molecule has 0 aromatic rings. The molecule has 0 aliphatic carbocycles. The van der Waals surface area contributed by atoms with Gasteiger partial charge in [-0.1, -0.05) is 19.9 Å². The van der Waals surface area contributed by atoms with Crippen LogP contribution in [0.2, 0.25) is 0 Å². The van der Waals surface area contributed by atoms with Crippen LogP contribution in [0.5, 0.6) is 0 Å². The average Bonchev–Trinajstić information content (AvgIpc) is 2.00. The maximum Gasteiger partial charge on any atom is 0.227 e. The number of Topliss-reactive ketones (excluding diaryl/α,β-unsaturated/α-hetero) is 1. The maximum atomic E-state index is 11.0. The van der Waals surface area contributed by atoms with Crippen LogP contribution in [-0.2, 0) is 9.59 Å². The molecule has 1 amide bonds. The predicted molar refractivity (Wildman–Crippen MR) is 47.7 cm³/mol. The Morgan fingerprint density at radius 1 is 1.50 bits per heavy atom. The van der Waals surface area contributed by atoms with Crippen molar-refractivity contribution in [1.29, 1.82) is 0 Å². The van der Waals surface area contributed by atoms with Gasteiger partial charge >= 0.3 is 0 Å². The molecule has 0 aliphatic rings. The van der Waals surface area contributed by atoms with E-state index in [2.05, 4.69) is 11.9 Å². The summed E-state index contributed by atoms with van der Waals surface area (Å²) in [5, 5.41) is 2.54. The highest BCUT2D eigenvalue weighted by Gasteiger charge is 2.11. The second-order valence-corrected chi connectivity index (χ2v) is 2.89. The van der Waals surface area contributed by atoms with Crippen molar-refractivity contribution >= 4 is 11.7 Å². The van der Waals surface area contributed by atoms with Gasteiger partial charge in [-0.25, -0.2) is 0 Å². The summed E-state index contributed by atoms with van der Waals surface area (Å²) in [6.07, 6.45) is 1.56. The Labute approximate surface area is 72.8 Å². The monoisotopic (exact) mass is 169 g/mol. The standard InChI is InChI=1S/C9H15NO2/c1-4-5-10-9(12)6-8(11)7(2)3/h4,7H,1,5-6H2,2-3H3,(H,10,12). The van der Waals surface area contributed by atoms with Gasteiger partial charge in [-0.2, -0.15) is 0 Å². The molecule has 0 aliphatic heterocycles. The van der Waals surface area contributed by atoms with E-state index in [-0.39, 0.29) is 24.0 Å². The summed E-state index contributed by atoms with van der Waals surface area (Å²) >= 11 is 0. The van der Waals surface area contributed by atoms with E-state index in [1.54, 1.807) is 19.9 Å². The van der Waals surface area contributed by atoms with Crippen LogP contribution in [0, 0.1) is 5.92 Å². The fourth-order valence-corrected chi connectivity index (χ4v) is 0.611. The van der Waals surface area contributed by atoms with E-state index in [9.17, 15) is 9.59 Å². The van der Waals surface area contributed by atoms with Gasteiger partial charge in [-0.05, 0) is 0 Å². The number of ketones is 1. The fraction of sp³-hybridized carbons (Fsp3) is 0.556. The second kappa shape index (κ2) is 5.52. The molecule has 0 aromatic carbocycles. The first-order chi connectivity index (χ1) is 5.57. The van der Waals surface area contributed by atoms with Crippen molar-refractivity contribution in [1.82, 2.24) is 5.32 Å². The fourth-order valence-electron chi connectivity index (χ4n) is 0.611. The van der Waals surface area contributed by atoms with Crippen LogP contribution in [0.25, 0.3) is 0 Å². The quantitative estimate of drug-likeness (QED) is 0.491. The van der Waals surface area contributed by atoms with Gasteiger partial charge in [0.15, 0.2) is 0 Å². The molecule has 0 heterocycles. The van der Waals surface area contributed by atoms with Gasteiger partial charge in [0.2, 0.25) is 5.91 Å². The third kappa shape index (κ3) is 4.66. The van der Waals surface area contributed by atoms with Crippen LogP contribution in [-0.4, -0.2) is 18.2 Å². The van der Waals surface area contributed by atoms with Crippen molar-refractivity contribution in [3.8, 4) is 0 Å². The van der Waals surface area contributed by atoms with Gasteiger partial charge in [0.1, 0.15) is 5.78 Å². The van der Waals surface area contributed by atoms with Crippen molar-refractivity contribution in [2.24, 2.45) is 5.92 Å². The van der Waals surface area contributed by atoms with Gasteiger partial charge in [0.25, 0.3) is 0 Å². The first-order valence-electron chi connectivity index (χ1n) is 3.98. The summed E-state index contributed by atoms with van der Waals surface area (Å²) in [5.41, 5.74) is 0. The zero-order chi connectivity index (χ0) is 9.56. The van der Waals surface area contributed by atoms with Crippen molar-refractivity contribution < 1.29 is 9.59 Å². The van der Waals surface area contributed by atoms with Crippen LogP contribution in [0.1, 0.15) is 20.3 Å². The Balaban J connectivity index is 3.69. The SMILES string of the molecule is C=CCNC(=O)CC(=O)C(C)C. The predicted octanol–water partition coefficient (Wildman–Crippen LogP) is 0.904. The molecular weight excluding hydrogens is 154 g/mol. The lowest BCUT2D eigenvalue weighted by Gasteiger charge is -2.03. The lowest BCUT2D eigenvalue weighted by molar-refractivity contribution is -0.129. The molecule has 0 saturated heterocycles. The maximum absolute atomic E-state index is 11.0. The summed E-state index contributed by atoms with van der Waals surface area (Å²) in [6, 6.07) is 0. The highest BCUT2D eigenvalue weighted by Crippen LogP contribution is 1.97. The van der Waals surface area contributed by atoms with Crippen molar-refractivity contribution in [2.75, 3.05) is 6.54 Å². The molecule has 0 fully saturated rings. The molecule has 0 saturated carbocycles. The van der Waals surface area contributed by atoms with Crippen LogP contribution in [0.4, 0.5) is 0 Å². The molecule has 0 bridgehead atoms. The van der Waals surface area contributed by atoms with E-state index in [4.69, 9.17) is 0 Å². The minimum Gasteiger partial charge on any atom is -0.352 e. The van der Waals surface area contributed by atoms with Crippen LogP contribution in [0.3, 0.4) is 0 Å². The highest BCUT2D eigenvalue weighted by atomic mass is 16.2. The molecule has 1 N–H and O–H groups in total. The first kappa shape index (κ1) is 10.9. The first-order valence-corrected chi connectivity index (χ1v) is 3.98. The Hall–Kier alpha value is -1.12. The Kier molecular flexibility index (Phi) is 5.00. The van der Waals surface area contributed by atoms with E-state index in [0.717, 1.165) is 0 Å².